The van der Waals surface area contributed by atoms with Gasteiger partial charge in [-0.05, 0) is 24.3 Å². The van der Waals surface area contributed by atoms with Gasteiger partial charge in [0.2, 0.25) is 0 Å². The molecule has 14 heavy (non-hydrogen) atoms. The number of hydrogen-bond acceptors (Lipinski definition) is 3. The van der Waals surface area contributed by atoms with Crippen LogP contribution in [0.3, 0.4) is 0 Å². The summed E-state index contributed by atoms with van der Waals surface area (Å²) in [5.41, 5.74) is 0.889. The molecule has 3 heteroatoms. The minimum absolute atomic E-state index is 0.301. The van der Waals surface area contributed by atoms with Gasteiger partial charge in [0.1, 0.15) is 24.0 Å². The molecule has 0 unspecified atom stereocenters. The van der Waals surface area contributed by atoms with Gasteiger partial charge in [-0.1, -0.05) is 0 Å². The van der Waals surface area contributed by atoms with E-state index in [9.17, 15) is 0 Å². The highest BCUT2D eigenvalue weighted by Crippen LogP contribution is 2.22. The first-order chi connectivity index (χ1) is 6.92. The van der Waals surface area contributed by atoms with Gasteiger partial charge < -0.3 is 13.9 Å². The van der Waals surface area contributed by atoms with Crippen LogP contribution in [-0.4, -0.2) is 19.3 Å². The van der Waals surface area contributed by atoms with Crippen LogP contribution in [0.2, 0.25) is 0 Å². The van der Waals surface area contributed by atoms with Gasteiger partial charge in [0.15, 0.2) is 0 Å². The summed E-state index contributed by atoms with van der Waals surface area (Å²) in [5, 5.41) is 1.07. The molecule has 1 aliphatic heterocycles. The Kier molecular flexibility index (Phi) is 1.70. The lowest BCUT2D eigenvalue weighted by molar-refractivity contribution is 0.263. The predicted octanol–water partition coefficient (Wildman–Crippen LogP) is 2.21. The highest BCUT2D eigenvalue weighted by Gasteiger charge is 2.22. The van der Waals surface area contributed by atoms with Gasteiger partial charge in [0.05, 0.1) is 12.9 Å². The summed E-state index contributed by atoms with van der Waals surface area (Å²) in [5.74, 6) is 0.870. The van der Waals surface area contributed by atoms with Crippen LogP contribution >= 0.6 is 0 Å². The van der Waals surface area contributed by atoms with Crippen molar-refractivity contribution < 1.29 is 13.9 Å². The van der Waals surface area contributed by atoms with Crippen LogP contribution in [-0.2, 0) is 4.74 Å². The molecule has 72 valence electrons. The number of benzene rings is 1. The topological polar surface area (TPSA) is 34.9 Å². The summed E-state index contributed by atoms with van der Waals surface area (Å²) < 4.78 is 15.8. The molecule has 2 aromatic rings. The summed E-state index contributed by atoms with van der Waals surface area (Å²) in [7, 11) is 0. The van der Waals surface area contributed by atoms with Gasteiger partial charge >= 0.3 is 0 Å². The SMILES string of the molecule is c1cc2cc(OC[C@H]3CO3)ccc2o1. The van der Waals surface area contributed by atoms with Crippen molar-refractivity contribution >= 4 is 11.0 Å². The van der Waals surface area contributed by atoms with E-state index in [1.807, 2.05) is 24.3 Å². The van der Waals surface area contributed by atoms with E-state index in [0.29, 0.717) is 12.7 Å². The van der Waals surface area contributed by atoms with Crippen molar-refractivity contribution in [1.82, 2.24) is 0 Å². The fourth-order valence-corrected chi connectivity index (χ4v) is 1.39. The summed E-state index contributed by atoms with van der Waals surface area (Å²) in [6.45, 7) is 1.47. The number of hydrogen-bond donors (Lipinski definition) is 0. The van der Waals surface area contributed by atoms with Crippen LogP contribution in [0.4, 0.5) is 0 Å². The molecular formula is C11H10O3. The van der Waals surface area contributed by atoms with Crippen LogP contribution in [0.15, 0.2) is 34.9 Å². The molecule has 0 radical (unpaired) electrons. The Morgan fingerprint density at radius 1 is 1.36 bits per heavy atom. The fraction of sp³-hybridized carbons (Fsp3) is 0.273. The summed E-state index contributed by atoms with van der Waals surface area (Å²) in [4.78, 5) is 0. The van der Waals surface area contributed by atoms with Crippen LogP contribution in [0.25, 0.3) is 11.0 Å². The Morgan fingerprint density at radius 3 is 3.14 bits per heavy atom. The smallest absolute Gasteiger partial charge is 0.134 e. The monoisotopic (exact) mass is 190 g/mol. The van der Waals surface area contributed by atoms with E-state index < -0.39 is 0 Å². The minimum Gasteiger partial charge on any atom is -0.491 e. The third kappa shape index (κ3) is 1.46. The molecule has 1 fully saturated rings. The maximum Gasteiger partial charge on any atom is 0.134 e. The molecule has 1 aromatic heterocycles. The largest absolute Gasteiger partial charge is 0.491 e. The summed E-state index contributed by atoms with van der Waals surface area (Å²) in [6.07, 6.45) is 1.98. The molecule has 1 saturated heterocycles. The van der Waals surface area contributed by atoms with E-state index in [2.05, 4.69) is 0 Å². The van der Waals surface area contributed by atoms with E-state index in [1.54, 1.807) is 6.26 Å². The van der Waals surface area contributed by atoms with Crippen LogP contribution < -0.4 is 4.74 Å². The van der Waals surface area contributed by atoms with Gasteiger partial charge in [-0.15, -0.1) is 0 Å². The molecule has 0 saturated carbocycles. The number of rotatable bonds is 3. The minimum atomic E-state index is 0.301. The molecule has 0 aliphatic carbocycles. The lowest BCUT2D eigenvalue weighted by atomic mass is 10.2. The molecule has 3 nitrogen and oxygen atoms in total. The molecule has 1 aliphatic rings. The molecule has 2 heterocycles. The molecule has 0 bridgehead atoms. The normalized spacial score (nSPS) is 19.9. The van der Waals surface area contributed by atoms with Gasteiger partial charge in [0, 0.05) is 5.39 Å². The summed E-state index contributed by atoms with van der Waals surface area (Å²) in [6, 6.07) is 7.73. The average molecular weight is 190 g/mol. The van der Waals surface area contributed by atoms with Crippen molar-refractivity contribution in [3.63, 3.8) is 0 Å². The fourth-order valence-electron chi connectivity index (χ4n) is 1.39. The van der Waals surface area contributed by atoms with E-state index in [-0.39, 0.29) is 0 Å². The number of furan rings is 1. The van der Waals surface area contributed by atoms with Gasteiger partial charge in [-0.3, -0.25) is 0 Å². The van der Waals surface area contributed by atoms with Crippen molar-refractivity contribution in [2.24, 2.45) is 0 Å². The van der Waals surface area contributed by atoms with E-state index in [4.69, 9.17) is 13.9 Å². The van der Waals surface area contributed by atoms with Crippen molar-refractivity contribution in [2.75, 3.05) is 13.2 Å². The van der Waals surface area contributed by atoms with Crippen LogP contribution in [0.1, 0.15) is 0 Å². The summed E-state index contributed by atoms with van der Waals surface area (Å²) >= 11 is 0. The maximum atomic E-state index is 5.54. The molecule has 1 atom stereocenters. The quantitative estimate of drug-likeness (QED) is 0.696. The molecule has 1 aromatic carbocycles. The maximum absolute atomic E-state index is 5.54. The van der Waals surface area contributed by atoms with Crippen molar-refractivity contribution in [1.29, 1.82) is 0 Å². The first kappa shape index (κ1) is 7.88. The van der Waals surface area contributed by atoms with E-state index in [0.717, 1.165) is 23.3 Å². The Morgan fingerprint density at radius 2 is 2.29 bits per heavy atom. The van der Waals surface area contributed by atoms with Crippen molar-refractivity contribution in [3.8, 4) is 5.75 Å². The molecule has 0 N–H and O–H groups in total. The Balaban J connectivity index is 1.81. The standard InChI is InChI=1S/C11H10O3/c1-2-11-8(3-4-12-11)5-9(1)13-6-10-7-14-10/h1-5,10H,6-7H2/t10-/m0/s1. The molecule has 0 spiro atoms. The molecular weight excluding hydrogens is 180 g/mol. The van der Waals surface area contributed by atoms with Gasteiger partial charge in [-0.2, -0.15) is 0 Å². The molecule has 3 rings (SSSR count). The lowest BCUT2D eigenvalue weighted by Crippen LogP contribution is -2.03. The second-order valence-electron chi connectivity index (χ2n) is 3.39. The third-order valence-corrected chi connectivity index (χ3v) is 2.26. The van der Waals surface area contributed by atoms with Gasteiger partial charge in [-0.25, -0.2) is 0 Å². The first-order valence-electron chi connectivity index (χ1n) is 4.63. The first-order valence-corrected chi connectivity index (χ1v) is 4.63. The van der Waals surface area contributed by atoms with Crippen molar-refractivity contribution in [3.05, 3.63) is 30.5 Å². The molecule has 0 amide bonds. The predicted molar refractivity (Wildman–Crippen MR) is 51.4 cm³/mol. The van der Waals surface area contributed by atoms with Crippen LogP contribution in [0.5, 0.6) is 5.75 Å². The number of fused-ring (bicyclic) bond motifs is 1. The number of ether oxygens (including phenoxy) is 2. The second-order valence-corrected chi connectivity index (χ2v) is 3.39. The van der Waals surface area contributed by atoms with E-state index >= 15 is 0 Å². The van der Waals surface area contributed by atoms with Gasteiger partial charge in [0.25, 0.3) is 0 Å². The van der Waals surface area contributed by atoms with E-state index in [1.165, 1.54) is 0 Å². The highest BCUT2D eigenvalue weighted by molar-refractivity contribution is 5.78. The lowest BCUT2D eigenvalue weighted by Gasteiger charge is -2.02. The Bertz CT molecular complexity index is 442. The zero-order chi connectivity index (χ0) is 9.38. The van der Waals surface area contributed by atoms with Crippen LogP contribution in [0, 0.1) is 0 Å². The van der Waals surface area contributed by atoms with Crippen molar-refractivity contribution in [2.45, 2.75) is 6.10 Å². The Hall–Kier alpha value is -1.48. The second kappa shape index (κ2) is 3.03. The zero-order valence-corrected chi connectivity index (χ0v) is 7.60. The Labute approximate surface area is 81.2 Å². The highest BCUT2D eigenvalue weighted by atomic mass is 16.6. The third-order valence-electron chi connectivity index (χ3n) is 2.26. The number of epoxide rings is 1. The zero-order valence-electron chi connectivity index (χ0n) is 7.60. The average Bonchev–Trinajstić information content (AvgIpc) is 2.92.